The van der Waals surface area contributed by atoms with E-state index < -0.39 is 0 Å². The molecule has 3 N–H and O–H groups in total. The molecule has 0 fully saturated rings. The number of H-pyrrole nitrogens is 1. The standard InChI is InChI=1S/C22H27BrN2/c1-3-15(2)18-11-7-12-20-19(10-4-5-13-24)21(25-22(18)20)16-8-6-9-17(23)14-16/h6-9,11-12,14-15,25H,3-5,10,13,24H2,1-2H3. The minimum Gasteiger partial charge on any atom is -0.354 e. The van der Waals surface area contributed by atoms with Crippen LogP contribution in [0.25, 0.3) is 22.2 Å². The number of aryl methyl sites for hydroxylation is 1. The van der Waals surface area contributed by atoms with Crippen LogP contribution in [-0.4, -0.2) is 11.5 Å². The van der Waals surface area contributed by atoms with E-state index >= 15 is 0 Å². The lowest BCUT2D eigenvalue weighted by Crippen LogP contribution is -1.99. The van der Waals surface area contributed by atoms with Gasteiger partial charge in [0.15, 0.2) is 0 Å². The highest BCUT2D eigenvalue weighted by molar-refractivity contribution is 9.10. The van der Waals surface area contributed by atoms with E-state index in [1.54, 1.807) is 0 Å². The van der Waals surface area contributed by atoms with Crippen LogP contribution in [0.2, 0.25) is 0 Å². The van der Waals surface area contributed by atoms with Gasteiger partial charge >= 0.3 is 0 Å². The average molecular weight is 399 g/mol. The molecule has 0 amide bonds. The zero-order valence-electron chi connectivity index (χ0n) is 15.1. The molecule has 0 aliphatic heterocycles. The van der Waals surface area contributed by atoms with Gasteiger partial charge in [0.1, 0.15) is 0 Å². The second kappa shape index (κ2) is 8.20. The second-order valence-corrected chi connectivity index (χ2v) is 7.73. The first-order valence-corrected chi connectivity index (χ1v) is 10.0. The normalized spacial score (nSPS) is 12.6. The third kappa shape index (κ3) is 3.83. The Morgan fingerprint density at radius 1 is 1.12 bits per heavy atom. The minimum absolute atomic E-state index is 0.551. The number of halogens is 1. The van der Waals surface area contributed by atoms with Gasteiger partial charge in [-0.15, -0.1) is 0 Å². The second-order valence-electron chi connectivity index (χ2n) is 6.81. The van der Waals surface area contributed by atoms with E-state index in [1.807, 2.05) is 0 Å². The van der Waals surface area contributed by atoms with Crippen LogP contribution in [0.5, 0.6) is 0 Å². The van der Waals surface area contributed by atoms with Crippen LogP contribution >= 0.6 is 15.9 Å². The first-order chi connectivity index (χ1) is 12.2. The number of benzene rings is 2. The zero-order chi connectivity index (χ0) is 17.8. The largest absolute Gasteiger partial charge is 0.354 e. The molecular weight excluding hydrogens is 372 g/mol. The Balaban J connectivity index is 2.18. The molecule has 3 aromatic rings. The van der Waals surface area contributed by atoms with Gasteiger partial charge in [0.25, 0.3) is 0 Å². The molecule has 132 valence electrons. The Labute approximate surface area is 159 Å². The Hall–Kier alpha value is -1.58. The summed E-state index contributed by atoms with van der Waals surface area (Å²) >= 11 is 3.61. The Morgan fingerprint density at radius 2 is 1.92 bits per heavy atom. The number of hydrogen-bond donors (Lipinski definition) is 2. The summed E-state index contributed by atoms with van der Waals surface area (Å²) in [5.41, 5.74) is 12.4. The van der Waals surface area contributed by atoms with Crippen LogP contribution in [0.15, 0.2) is 46.9 Å². The maximum Gasteiger partial charge on any atom is 0.0497 e. The van der Waals surface area contributed by atoms with Gasteiger partial charge in [0.2, 0.25) is 0 Å². The Bertz CT molecular complexity index is 850. The van der Waals surface area contributed by atoms with E-state index in [2.05, 4.69) is 77.2 Å². The lowest BCUT2D eigenvalue weighted by molar-refractivity contribution is 0.738. The molecule has 3 rings (SSSR count). The average Bonchev–Trinajstić information content (AvgIpc) is 3.00. The summed E-state index contributed by atoms with van der Waals surface area (Å²) in [7, 11) is 0. The van der Waals surface area contributed by atoms with Crippen molar-refractivity contribution >= 4 is 26.8 Å². The molecular formula is C22H27BrN2. The molecule has 3 heteroatoms. The molecule has 0 spiro atoms. The summed E-state index contributed by atoms with van der Waals surface area (Å²) in [5.74, 6) is 0.551. The summed E-state index contributed by atoms with van der Waals surface area (Å²) in [4.78, 5) is 3.77. The molecule has 0 bridgehead atoms. The van der Waals surface area contributed by atoms with Crippen LogP contribution in [0, 0.1) is 0 Å². The fraction of sp³-hybridized carbons (Fsp3) is 0.364. The summed E-state index contributed by atoms with van der Waals surface area (Å²) in [6, 6.07) is 15.3. The van der Waals surface area contributed by atoms with Crippen molar-refractivity contribution in [2.75, 3.05) is 6.54 Å². The molecule has 0 saturated carbocycles. The highest BCUT2D eigenvalue weighted by Crippen LogP contribution is 2.36. The maximum atomic E-state index is 5.72. The maximum absolute atomic E-state index is 5.72. The summed E-state index contributed by atoms with van der Waals surface area (Å²) in [5, 5.41) is 1.37. The van der Waals surface area contributed by atoms with Gasteiger partial charge in [-0.1, -0.05) is 60.1 Å². The lowest BCUT2D eigenvalue weighted by Gasteiger charge is -2.10. The van der Waals surface area contributed by atoms with Crippen LogP contribution in [0.4, 0.5) is 0 Å². The van der Waals surface area contributed by atoms with E-state index in [0.717, 1.165) is 36.7 Å². The number of rotatable bonds is 7. The van der Waals surface area contributed by atoms with Crippen LogP contribution in [0.1, 0.15) is 50.2 Å². The molecule has 25 heavy (non-hydrogen) atoms. The van der Waals surface area contributed by atoms with Gasteiger partial charge < -0.3 is 10.7 Å². The van der Waals surface area contributed by atoms with Crippen molar-refractivity contribution in [1.82, 2.24) is 4.98 Å². The van der Waals surface area contributed by atoms with Gasteiger partial charge in [0, 0.05) is 21.1 Å². The topological polar surface area (TPSA) is 41.8 Å². The molecule has 2 nitrogen and oxygen atoms in total. The van der Waals surface area contributed by atoms with Crippen LogP contribution in [-0.2, 0) is 6.42 Å². The number of unbranched alkanes of at least 4 members (excludes halogenated alkanes) is 1. The van der Waals surface area contributed by atoms with Crippen LogP contribution < -0.4 is 5.73 Å². The van der Waals surface area contributed by atoms with Gasteiger partial charge in [-0.2, -0.15) is 0 Å². The molecule has 1 unspecified atom stereocenters. The summed E-state index contributed by atoms with van der Waals surface area (Å²) in [6.07, 6.45) is 4.39. The van der Waals surface area contributed by atoms with E-state index in [0.29, 0.717) is 5.92 Å². The lowest BCUT2D eigenvalue weighted by atomic mass is 9.94. The number of aromatic amines is 1. The quantitative estimate of drug-likeness (QED) is 0.444. The van der Waals surface area contributed by atoms with Crippen molar-refractivity contribution in [2.24, 2.45) is 5.73 Å². The highest BCUT2D eigenvalue weighted by atomic mass is 79.9. The number of fused-ring (bicyclic) bond motifs is 1. The predicted molar refractivity (Wildman–Crippen MR) is 112 cm³/mol. The van der Waals surface area contributed by atoms with Crippen molar-refractivity contribution in [3.63, 3.8) is 0 Å². The summed E-state index contributed by atoms with van der Waals surface area (Å²) in [6.45, 7) is 5.32. The monoisotopic (exact) mass is 398 g/mol. The van der Waals surface area contributed by atoms with Crippen molar-refractivity contribution in [3.8, 4) is 11.3 Å². The number of hydrogen-bond acceptors (Lipinski definition) is 1. The fourth-order valence-electron chi connectivity index (χ4n) is 3.52. The van der Waals surface area contributed by atoms with Crippen molar-refractivity contribution in [1.29, 1.82) is 0 Å². The third-order valence-corrected chi connectivity index (χ3v) is 5.60. The van der Waals surface area contributed by atoms with Crippen molar-refractivity contribution in [3.05, 3.63) is 58.1 Å². The Morgan fingerprint density at radius 3 is 2.64 bits per heavy atom. The first-order valence-electron chi connectivity index (χ1n) is 9.25. The zero-order valence-corrected chi connectivity index (χ0v) is 16.7. The van der Waals surface area contributed by atoms with E-state index in [-0.39, 0.29) is 0 Å². The molecule has 0 aliphatic carbocycles. The molecule has 1 aromatic heterocycles. The number of nitrogens with one attached hydrogen (secondary N) is 1. The van der Waals surface area contributed by atoms with Crippen LogP contribution in [0.3, 0.4) is 0 Å². The molecule has 0 radical (unpaired) electrons. The smallest absolute Gasteiger partial charge is 0.0497 e. The van der Waals surface area contributed by atoms with Crippen molar-refractivity contribution in [2.45, 2.75) is 45.4 Å². The van der Waals surface area contributed by atoms with Gasteiger partial charge in [-0.05, 0) is 67.0 Å². The highest BCUT2D eigenvalue weighted by Gasteiger charge is 2.17. The van der Waals surface area contributed by atoms with E-state index in [9.17, 15) is 0 Å². The predicted octanol–water partition coefficient (Wildman–Crippen LogP) is 6.39. The molecule has 2 aromatic carbocycles. The molecule has 0 aliphatic rings. The van der Waals surface area contributed by atoms with E-state index in [4.69, 9.17) is 5.73 Å². The van der Waals surface area contributed by atoms with Crippen molar-refractivity contribution < 1.29 is 0 Å². The SMILES string of the molecule is CCC(C)c1cccc2c(CCCCN)c(-c3cccc(Br)c3)[nH]c12. The molecule has 1 atom stereocenters. The minimum atomic E-state index is 0.551. The fourth-order valence-corrected chi connectivity index (χ4v) is 3.92. The molecule has 1 heterocycles. The van der Waals surface area contributed by atoms with E-state index in [1.165, 1.54) is 33.3 Å². The van der Waals surface area contributed by atoms with Gasteiger partial charge in [0.05, 0.1) is 0 Å². The number of para-hydroxylation sites is 1. The van der Waals surface area contributed by atoms with Gasteiger partial charge in [-0.25, -0.2) is 0 Å². The third-order valence-electron chi connectivity index (χ3n) is 5.11. The summed E-state index contributed by atoms with van der Waals surface area (Å²) < 4.78 is 1.11. The Kier molecular flexibility index (Phi) is 5.98. The molecule has 0 saturated heterocycles. The first kappa shape index (κ1) is 18.2. The van der Waals surface area contributed by atoms with Gasteiger partial charge in [-0.3, -0.25) is 0 Å². The number of aromatic nitrogens is 1. The number of nitrogens with two attached hydrogens (primary N) is 1.